The molecule has 2 rings (SSSR count). The molecule has 0 bridgehead atoms. The number of nitrogens with zero attached hydrogens (tertiary/aromatic N) is 1. The number of carboxylic acids is 1. The Hall–Kier alpha value is -2.36. The molecule has 26 heavy (non-hydrogen) atoms. The number of carboxylic acid groups (broad SMARTS) is 1. The number of hydrogen-bond acceptors (Lipinski definition) is 2. The van der Waals surface area contributed by atoms with Crippen LogP contribution in [0.1, 0.15) is 61.9 Å². The van der Waals surface area contributed by atoms with Gasteiger partial charge in [-0.05, 0) is 50.3 Å². The number of carbonyl (C=O) groups excluding carboxylic acids is 1. The maximum absolute atomic E-state index is 12.2. The number of carbonyl (C=O) groups is 2. The highest BCUT2D eigenvalue weighted by Crippen LogP contribution is 2.21. The van der Waals surface area contributed by atoms with E-state index in [0.29, 0.717) is 13.0 Å². The number of amides is 1. The van der Waals surface area contributed by atoms with Crippen molar-refractivity contribution in [1.82, 2.24) is 4.90 Å². The van der Waals surface area contributed by atoms with Gasteiger partial charge in [-0.15, -0.1) is 0 Å². The van der Waals surface area contributed by atoms with E-state index in [2.05, 4.69) is 32.1 Å². The summed E-state index contributed by atoms with van der Waals surface area (Å²) < 4.78 is 0. The summed E-state index contributed by atoms with van der Waals surface area (Å²) in [5, 5.41) is 8.95. The van der Waals surface area contributed by atoms with Gasteiger partial charge in [-0.3, -0.25) is 4.79 Å². The summed E-state index contributed by atoms with van der Waals surface area (Å²) in [5.41, 5.74) is 2.71. The lowest BCUT2D eigenvalue weighted by Crippen LogP contribution is -2.33. The summed E-state index contributed by atoms with van der Waals surface area (Å²) in [5.74, 6) is -0.716. The first-order valence-electron chi connectivity index (χ1n) is 9.47. The molecule has 1 atom stereocenters. The Morgan fingerprint density at radius 2 is 2.04 bits per heavy atom. The average Bonchev–Trinajstić information content (AvgIpc) is 2.98. The van der Waals surface area contributed by atoms with E-state index in [0.717, 1.165) is 24.8 Å². The standard InChI is InChI=1S/C22H29NO3/c1-3-4-6-17(2)7-5-8-20-13-14-21(24)23(20)16-15-18-9-11-19(12-10-18)22(25)26/h5,7-12,20H,3-4,6,13-16H2,1-2H3,(H,25,26)/t20-/m0/s1. The van der Waals surface area contributed by atoms with Gasteiger partial charge in [-0.1, -0.05) is 49.3 Å². The van der Waals surface area contributed by atoms with Gasteiger partial charge < -0.3 is 10.0 Å². The number of aromatic carboxylic acids is 1. The quantitative estimate of drug-likeness (QED) is 0.658. The Morgan fingerprint density at radius 3 is 2.69 bits per heavy atom. The second-order valence-corrected chi connectivity index (χ2v) is 6.95. The van der Waals surface area contributed by atoms with Gasteiger partial charge in [0.15, 0.2) is 0 Å². The van der Waals surface area contributed by atoms with Gasteiger partial charge in [0, 0.05) is 13.0 Å². The van der Waals surface area contributed by atoms with E-state index in [1.165, 1.54) is 18.4 Å². The molecule has 1 heterocycles. The summed E-state index contributed by atoms with van der Waals surface area (Å²) in [7, 11) is 0. The summed E-state index contributed by atoms with van der Waals surface area (Å²) in [4.78, 5) is 25.0. The molecule has 140 valence electrons. The molecule has 1 amide bonds. The first kappa shape index (κ1) is 20.0. The molecule has 4 heteroatoms. The smallest absolute Gasteiger partial charge is 0.335 e. The highest BCUT2D eigenvalue weighted by atomic mass is 16.4. The summed E-state index contributed by atoms with van der Waals surface area (Å²) in [6.07, 6.45) is 12.1. The summed E-state index contributed by atoms with van der Waals surface area (Å²) in [6, 6.07) is 7.05. The predicted octanol–water partition coefficient (Wildman–Crippen LogP) is 4.61. The molecule has 4 nitrogen and oxygen atoms in total. The summed E-state index contributed by atoms with van der Waals surface area (Å²) >= 11 is 0. The first-order chi connectivity index (χ1) is 12.5. The lowest BCUT2D eigenvalue weighted by Gasteiger charge is -2.22. The van der Waals surface area contributed by atoms with Crippen LogP contribution in [0.3, 0.4) is 0 Å². The molecule has 1 aliphatic heterocycles. The molecule has 0 saturated carbocycles. The summed E-state index contributed by atoms with van der Waals surface area (Å²) in [6.45, 7) is 5.01. The lowest BCUT2D eigenvalue weighted by molar-refractivity contribution is -0.128. The van der Waals surface area contributed by atoms with Crippen LogP contribution >= 0.6 is 0 Å². The van der Waals surface area contributed by atoms with Crippen LogP contribution in [0.2, 0.25) is 0 Å². The molecule has 1 aliphatic rings. The fourth-order valence-corrected chi connectivity index (χ4v) is 3.20. The van der Waals surface area contributed by atoms with Crippen molar-refractivity contribution in [3.05, 3.63) is 59.2 Å². The predicted molar refractivity (Wildman–Crippen MR) is 104 cm³/mol. The molecule has 0 spiro atoms. The minimum atomic E-state index is -0.918. The third-order valence-electron chi connectivity index (χ3n) is 4.86. The van der Waals surface area contributed by atoms with E-state index in [-0.39, 0.29) is 17.5 Å². The molecule has 0 aromatic heterocycles. The zero-order chi connectivity index (χ0) is 18.9. The molecule has 1 aromatic carbocycles. The van der Waals surface area contributed by atoms with Crippen LogP contribution in [0.25, 0.3) is 0 Å². The number of benzene rings is 1. The number of rotatable bonds is 9. The van der Waals surface area contributed by atoms with E-state index in [1.54, 1.807) is 12.1 Å². The SMILES string of the molecule is CCCCC(C)=CC=C[C@H]1CCC(=O)N1CCc1ccc(C(=O)O)cc1. The van der Waals surface area contributed by atoms with Crippen LogP contribution in [0.15, 0.2) is 48.1 Å². The Labute approximate surface area is 156 Å². The van der Waals surface area contributed by atoms with Gasteiger partial charge in [-0.2, -0.15) is 0 Å². The molecule has 1 N–H and O–H groups in total. The minimum absolute atomic E-state index is 0.163. The number of allylic oxidation sites excluding steroid dienone is 3. The van der Waals surface area contributed by atoms with Crippen molar-refractivity contribution in [1.29, 1.82) is 0 Å². The highest BCUT2D eigenvalue weighted by Gasteiger charge is 2.28. The highest BCUT2D eigenvalue weighted by molar-refractivity contribution is 5.87. The third-order valence-corrected chi connectivity index (χ3v) is 4.86. The van der Waals surface area contributed by atoms with Crippen LogP contribution in [-0.4, -0.2) is 34.5 Å². The molecule has 1 aromatic rings. The third kappa shape index (κ3) is 5.87. The van der Waals surface area contributed by atoms with Crippen molar-refractivity contribution in [3.63, 3.8) is 0 Å². The first-order valence-corrected chi connectivity index (χ1v) is 9.47. The van der Waals surface area contributed by atoms with Gasteiger partial charge >= 0.3 is 5.97 Å². The topological polar surface area (TPSA) is 57.6 Å². The zero-order valence-corrected chi connectivity index (χ0v) is 15.8. The van der Waals surface area contributed by atoms with Gasteiger partial charge in [0.05, 0.1) is 11.6 Å². The van der Waals surface area contributed by atoms with Crippen LogP contribution in [0.4, 0.5) is 0 Å². The molecular formula is C22H29NO3. The average molecular weight is 355 g/mol. The molecule has 1 saturated heterocycles. The molecule has 0 unspecified atom stereocenters. The van der Waals surface area contributed by atoms with Crippen LogP contribution < -0.4 is 0 Å². The lowest BCUT2D eigenvalue weighted by atomic mass is 10.1. The van der Waals surface area contributed by atoms with Crippen molar-refractivity contribution >= 4 is 11.9 Å². The molecule has 0 aliphatic carbocycles. The van der Waals surface area contributed by atoms with E-state index in [9.17, 15) is 9.59 Å². The van der Waals surface area contributed by atoms with Gasteiger partial charge in [0.1, 0.15) is 0 Å². The van der Waals surface area contributed by atoms with Crippen molar-refractivity contribution < 1.29 is 14.7 Å². The van der Waals surface area contributed by atoms with Crippen molar-refractivity contribution in [3.8, 4) is 0 Å². The largest absolute Gasteiger partial charge is 0.478 e. The molecule has 1 fully saturated rings. The van der Waals surface area contributed by atoms with Crippen molar-refractivity contribution in [2.75, 3.05) is 6.54 Å². The maximum atomic E-state index is 12.2. The van der Waals surface area contributed by atoms with Gasteiger partial charge in [0.25, 0.3) is 0 Å². The second kappa shape index (κ2) is 9.95. The van der Waals surface area contributed by atoms with Crippen molar-refractivity contribution in [2.24, 2.45) is 0 Å². The van der Waals surface area contributed by atoms with E-state index < -0.39 is 5.97 Å². The molecular weight excluding hydrogens is 326 g/mol. The second-order valence-electron chi connectivity index (χ2n) is 6.95. The number of unbranched alkanes of at least 4 members (excludes halogenated alkanes) is 1. The number of hydrogen-bond donors (Lipinski definition) is 1. The molecule has 0 radical (unpaired) electrons. The van der Waals surface area contributed by atoms with E-state index in [1.807, 2.05) is 17.0 Å². The zero-order valence-electron chi connectivity index (χ0n) is 15.8. The van der Waals surface area contributed by atoms with E-state index >= 15 is 0 Å². The maximum Gasteiger partial charge on any atom is 0.335 e. The van der Waals surface area contributed by atoms with Crippen molar-refractivity contribution in [2.45, 2.75) is 58.4 Å². The monoisotopic (exact) mass is 355 g/mol. The number of likely N-dealkylation sites (tertiary alicyclic amines) is 1. The Morgan fingerprint density at radius 1 is 1.31 bits per heavy atom. The minimum Gasteiger partial charge on any atom is -0.478 e. The van der Waals surface area contributed by atoms with Crippen LogP contribution in [-0.2, 0) is 11.2 Å². The fraction of sp³-hybridized carbons (Fsp3) is 0.455. The Bertz CT molecular complexity index is 673. The van der Waals surface area contributed by atoms with Gasteiger partial charge in [-0.25, -0.2) is 4.79 Å². The fourth-order valence-electron chi connectivity index (χ4n) is 3.20. The Kier molecular flexibility index (Phi) is 7.64. The normalized spacial score (nSPS) is 18.1. The van der Waals surface area contributed by atoms with E-state index in [4.69, 9.17) is 5.11 Å². The van der Waals surface area contributed by atoms with Gasteiger partial charge in [0.2, 0.25) is 5.91 Å². The van der Waals surface area contributed by atoms with Crippen LogP contribution in [0, 0.1) is 0 Å². The Balaban J connectivity index is 1.91. The van der Waals surface area contributed by atoms with Crippen LogP contribution in [0.5, 0.6) is 0 Å².